The molecule has 0 radical (unpaired) electrons. The number of hydrogen-bond acceptors (Lipinski definition) is 6. The third kappa shape index (κ3) is 3.11. The Morgan fingerprint density at radius 1 is 1.46 bits per heavy atom. The maximum Gasteiger partial charge on any atom is 0.234 e. The summed E-state index contributed by atoms with van der Waals surface area (Å²) >= 11 is 3.15. The number of carbonyl (C=O) groups is 1. The number of aromatic nitrogens is 3. The zero-order valence-corrected chi connectivity index (χ0v) is 15.1. The number of aryl methyl sites for hydroxylation is 1. The molecule has 130 valence electrons. The number of fused-ring (bicyclic) bond motifs is 1. The molecule has 0 unspecified atom stereocenters. The molecular formula is C17H11BrFN5O2. The van der Waals surface area contributed by atoms with Gasteiger partial charge in [-0.15, -0.1) is 4.91 Å². The highest BCUT2D eigenvalue weighted by Crippen LogP contribution is 2.31. The predicted octanol–water partition coefficient (Wildman–Crippen LogP) is 3.89. The van der Waals surface area contributed by atoms with Gasteiger partial charge in [-0.3, -0.25) is 9.20 Å². The van der Waals surface area contributed by atoms with Crippen molar-refractivity contribution in [3.8, 4) is 6.07 Å². The van der Waals surface area contributed by atoms with Gasteiger partial charge < -0.3 is 0 Å². The standard InChI is InChI=1S/C17H11BrFN5O2/c1-2-13-14(24-8-11(19)7-21-17(24)22-13)5-15(25)9-3-10(6-20)16(23-26)12(18)4-9/h3-4,7-8H,2,5H2,1H3. The number of hydrogen-bond donors (Lipinski definition) is 0. The van der Waals surface area contributed by atoms with Gasteiger partial charge in [0.15, 0.2) is 11.6 Å². The average molecular weight is 416 g/mol. The summed E-state index contributed by atoms with van der Waals surface area (Å²) in [6.07, 6.45) is 2.79. The Balaban J connectivity index is 2.05. The molecule has 0 aliphatic rings. The van der Waals surface area contributed by atoms with Gasteiger partial charge in [-0.2, -0.15) is 5.26 Å². The Morgan fingerprint density at radius 2 is 2.23 bits per heavy atom. The van der Waals surface area contributed by atoms with Crippen LogP contribution in [0.5, 0.6) is 0 Å². The maximum absolute atomic E-state index is 13.5. The number of imidazole rings is 1. The van der Waals surface area contributed by atoms with E-state index in [4.69, 9.17) is 5.26 Å². The zero-order chi connectivity index (χ0) is 18.8. The third-order valence-electron chi connectivity index (χ3n) is 3.89. The predicted molar refractivity (Wildman–Crippen MR) is 94.7 cm³/mol. The quantitative estimate of drug-likeness (QED) is 0.464. The number of ketones is 1. The largest absolute Gasteiger partial charge is 0.294 e. The van der Waals surface area contributed by atoms with Crippen LogP contribution in [0.2, 0.25) is 0 Å². The molecule has 3 aromatic rings. The van der Waals surface area contributed by atoms with Crippen LogP contribution in [0, 0.1) is 22.1 Å². The highest BCUT2D eigenvalue weighted by molar-refractivity contribution is 9.10. The SMILES string of the molecule is CCc1nc2ncc(F)cn2c1CC(=O)c1cc(Br)c(N=O)c(C#N)c1. The molecule has 0 N–H and O–H groups in total. The van der Waals surface area contributed by atoms with Gasteiger partial charge >= 0.3 is 0 Å². The topological polar surface area (TPSA) is 100 Å². The van der Waals surface area contributed by atoms with Crippen LogP contribution in [0.3, 0.4) is 0 Å². The molecule has 2 aromatic heterocycles. The van der Waals surface area contributed by atoms with Gasteiger partial charge in [0.1, 0.15) is 11.8 Å². The molecule has 7 nitrogen and oxygen atoms in total. The number of benzene rings is 1. The van der Waals surface area contributed by atoms with Gasteiger partial charge in [-0.25, -0.2) is 14.4 Å². The first-order valence-electron chi connectivity index (χ1n) is 7.60. The Kier molecular flexibility index (Phi) is 4.86. The van der Waals surface area contributed by atoms with Crippen LogP contribution in [-0.4, -0.2) is 20.2 Å². The number of nitrogens with zero attached hydrogens (tertiary/aromatic N) is 5. The normalized spacial score (nSPS) is 10.7. The van der Waals surface area contributed by atoms with Crippen molar-refractivity contribution in [3.63, 3.8) is 0 Å². The molecule has 0 fully saturated rings. The fraction of sp³-hybridized carbons (Fsp3) is 0.176. The van der Waals surface area contributed by atoms with Crippen LogP contribution in [0.4, 0.5) is 10.1 Å². The lowest BCUT2D eigenvalue weighted by molar-refractivity contribution is 0.0991. The highest BCUT2D eigenvalue weighted by Gasteiger charge is 2.19. The molecule has 9 heteroatoms. The van der Waals surface area contributed by atoms with E-state index in [0.29, 0.717) is 23.6 Å². The second-order valence-electron chi connectivity index (χ2n) is 5.46. The molecule has 2 heterocycles. The molecule has 0 atom stereocenters. The van der Waals surface area contributed by atoms with E-state index in [1.807, 2.05) is 13.0 Å². The van der Waals surface area contributed by atoms with Crippen LogP contribution in [-0.2, 0) is 12.8 Å². The fourth-order valence-electron chi connectivity index (χ4n) is 2.66. The van der Waals surface area contributed by atoms with Crippen molar-refractivity contribution < 1.29 is 9.18 Å². The third-order valence-corrected chi connectivity index (χ3v) is 4.49. The summed E-state index contributed by atoms with van der Waals surface area (Å²) in [7, 11) is 0. The lowest BCUT2D eigenvalue weighted by atomic mass is 10.0. The van der Waals surface area contributed by atoms with Crippen molar-refractivity contribution in [3.05, 3.63) is 62.2 Å². The molecule has 0 aliphatic carbocycles. The minimum absolute atomic E-state index is 0.000654. The Labute approximate surface area is 155 Å². The van der Waals surface area contributed by atoms with Crippen molar-refractivity contribution >= 4 is 33.2 Å². The summed E-state index contributed by atoms with van der Waals surface area (Å²) in [6, 6.07) is 4.60. The van der Waals surface area contributed by atoms with Gasteiger partial charge in [0, 0.05) is 16.2 Å². The summed E-state index contributed by atoms with van der Waals surface area (Å²) in [5.41, 5.74) is 1.36. The van der Waals surface area contributed by atoms with E-state index < -0.39 is 5.82 Å². The van der Waals surface area contributed by atoms with Crippen LogP contribution in [0.25, 0.3) is 5.78 Å². The summed E-state index contributed by atoms with van der Waals surface area (Å²) < 4.78 is 15.3. The summed E-state index contributed by atoms with van der Waals surface area (Å²) in [4.78, 5) is 31.8. The van der Waals surface area contributed by atoms with Gasteiger partial charge in [-0.05, 0) is 39.7 Å². The van der Waals surface area contributed by atoms with Crippen molar-refractivity contribution in [1.82, 2.24) is 14.4 Å². The minimum Gasteiger partial charge on any atom is -0.294 e. The van der Waals surface area contributed by atoms with E-state index in [9.17, 15) is 14.1 Å². The average Bonchev–Trinajstić information content (AvgIpc) is 2.97. The smallest absolute Gasteiger partial charge is 0.234 e. The molecule has 26 heavy (non-hydrogen) atoms. The molecule has 0 amide bonds. The lowest BCUT2D eigenvalue weighted by Gasteiger charge is -2.06. The number of rotatable bonds is 5. The molecule has 0 spiro atoms. The van der Waals surface area contributed by atoms with E-state index in [2.05, 4.69) is 31.1 Å². The Hall–Kier alpha value is -2.99. The maximum atomic E-state index is 13.5. The van der Waals surface area contributed by atoms with E-state index in [1.165, 1.54) is 22.7 Å². The second-order valence-corrected chi connectivity index (χ2v) is 6.31. The van der Waals surface area contributed by atoms with E-state index in [1.54, 1.807) is 0 Å². The van der Waals surface area contributed by atoms with Crippen LogP contribution in [0.15, 0.2) is 34.2 Å². The number of Topliss-reactive ketones (excluding diaryl/α,β-unsaturated/α-hetero) is 1. The summed E-state index contributed by atoms with van der Waals surface area (Å²) in [6.45, 7) is 1.88. The van der Waals surface area contributed by atoms with E-state index in [0.717, 1.165) is 6.20 Å². The minimum atomic E-state index is -0.540. The van der Waals surface area contributed by atoms with E-state index in [-0.39, 0.29) is 33.5 Å². The number of halogens is 2. The fourth-order valence-corrected chi connectivity index (χ4v) is 3.20. The zero-order valence-electron chi connectivity index (χ0n) is 13.5. The number of nitriles is 1. The van der Waals surface area contributed by atoms with Crippen LogP contribution in [0.1, 0.15) is 34.2 Å². The molecule has 0 bridgehead atoms. The van der Waals surface area contributed by atoms with Gasteiger partial charge in [0.2, 0.25) is 5.78 Å². The van der Waals surface area contributed by atoms with Crippen molar-refractivity contribution in [2.75, 3.05) is 0 Å². The van der Waals surface area contributed by atoms with Crippen molar-refractivity contribution in [1.29, 1.82) is 5.26 Å². The molecule has 0 saturated heterocycles. The first kappa shape index (κ1) is 17.8. The number of nitroso groups, excluding NO2 is 1. The Bertz CT molecular complexity index is 1090. The highest BCUT2D eigenvalue weighted by atomic mass is 79.9. The summed E-state index contributed by atoms with van der Waals surface area (Å²) in [5, 5.41) is 11.9. The molecule has 0 aliphatic heterocycles. The number of carbonyl (C=O) groups excluding carboxylic acids is 1. The Morgan fingerprint density at radius 3 is 2.88 bits per heavy atom. The van der Waals surface area contributed by atoms with Crippen molar-refractivity contribution in [2.45, 2.75) is 19.8 Å². The molecule has 0 saturated carbocycles. The van der Waals surface area contributed by atoms with Crippen molar-refractivity contribution in [2.24, 2.45) is 5.18 Å². The second kappa shape index (κ2) is 7.09. The van der Waals surface area contributed by atoms with Crippen LogP contribution < -0.4 is 0 Å². The monoisotopic (exact) mass is 415 g/mol. The first-order chi connectivity index (χ1) is 12.5. The lowest BCUT2D eigenvalue weighted by Crippen LogP contribution is -2.09. The molecular weight excluding hydrogens is 405 g/mol. The first-order valence-corrected chi connectivity index (χ1v) is 8.39. The van der Waals surface area contributed by atoms with E-state index >= 15 is 0 Å². The van der Waals surface area contributed by atoms with Gasteiger partial charge in [0.05, 0.1) is 29.6 Å². The van der Waals surface area contributed by atoms with Gasteiger partial charge in [0.25, 0.3) is 0 Å². The van der Waals surface area contributed by atoms with Gasteiger partial charge in [-0.1, -0.05) is 6.92 Å². The molecule has 1 aromatic carbocycles. The molecule has 3 rings (SSSR count). The summed E-state index contributed by atoms with van der Waals surface area (Å²) in [5.74, 6) is -0.534. The van der Waals surface area contributed by atoms with Crippen LogP contribution >= 0.6 is 15.9 Å².